The first-order valence-electron chi connectivity index (χ1n) is 8.74. The topological polar surface area (TPSA) is 76.7 Å². The molecule has 1 aromatic heterocycles. The number of benzene rings is 2. The van der Waals surface area contributed by atoms with Crippen LogP contribution >= 0.6 is 0 Å². The Morgan fingerprint density at radius 2 is 2.04 bits per heavy atom. The molecule has 0 amide bonds. The minimum Gasteiger partial charge on any atom is -0.482 e. The van der Waals surface area contributed by atoms with Crippen LogP contribution in [0.15, 0.2) is 51.7 Å². The van der Waals surface area contributed by atoms with Gasteiger partial charge < -0.3 is 14.3 Å². The highest BCUT2D eigenvalue weighted by Gasteiger charge is 2.24. The van der Waals surface area contributed by atoms with Gasteiger partial charge in [0, 0.05) is 11.6 Å². The Hall–Kier alpha value is -3.34. The number of hydrogen-bond acceptors (Lipinski definition) is 4. The quantitative estimate of drug-likeness (QED) is 0.758. The lowest BCUT2D eigenvalue weighted by Crippen LogP contribution is -2.10. The molecule has 0 spiro atoms. The average molecular weight is 362 g/mol. The first-order valence-corrected chi connectivity index (χ1v) is 8.74. The summed E-state index contributed by atoms with van der Waals surface area (Å²) >= 11 is 0. The number of aliphatic carboxylic acids is 1. The van der Waals surface area contributed by atoms with Crippen LogP contribution in [-0.4, -0.2) is 17.7 Å². The van der Waals surface area contributed by atoms with Gasteiger partial charge in [0.2, 0.25) is 0 Å². The summed E-state index contributed by atoms with van der Waals surface area (Å²) in [5, 5.41) is 9.23. The van der Waals surface area contributed by atoms with E-state index in [-0.39, 0.29) is 5.43 Å². The minimum absolute atomic E-state index is 0.0378. The summed E-state index contributed by atoms with van der Waals surface area (Å²) in [7, 11) is 0. The van der Waals surface area contributed by atoms with Crippen molar-refractivity contribution in [2.24, 2.45) is 0 Å². The number of fused-ring (bicyclic) bond motifs is 2. The molecule has 27 heavy (non-hydrogen) atoms. The number of allylic oxidation sites excluding steroid dienone is 1. The van der Waals surface area contributed by atoms with Crippen molar-refractivity contribution in [3.05, 3.63) is 75.1 Å². The van der Waals surface area contributed by atoms with Crippen LogP contribution in [0.4, 0.5) is 0 Å². The van der Waals surface area contributed by atoms with E-state index in [0.29, 0.717) is 34.5 Å². The van der Waals surface area contributed by atoms with Gasteiger partial charge in [-0.3, -0.25) is 4.79 Å². The van der Waals surface area contributed by atoms with Gasteiger partial charge in [-0.2, -0.15) is 0 Å². The SMILES string of the molecule is Cc1ccccc1/C=C1\CCc2c1oc1cc(OCC(=O)O)ccc1c2=O. The third kappa shape index (κ3) is 3.24. The van der Waals surface area contributed by atoms with Crippen molar-refractivity contribution in [2.75, 3.05) is 6.61 Å². The first-order chi connectivity index (χ1) is 13.0. The third-order valence-electron chi connectivity index (χ3n) is 4.77. The molecule has 1 heterocycles. The van der Waals surface area contributed by atoms with Crippen molar-refractivity contribution in [1.29, 1.82) is 0 Å². The van der Waals surface area contributed by atoms with Gasteiger partial charge in [-0.1, -0.05) is 24.3 Å². The van der Waals surface area contributed by atoms with Gasteiger partial charge in [0.05, 0.1) is 5.39 Å². The third-order valence-corrected chi connectivity index (χ3v) is 4.77. The van der Waals surface area contributed by atoms with Crippen molar-refractivity contribution in [2.45, 2.75) is 19.8 Å². The Labute approximate surface area is 155 Å². The summed E-state index contributed by atoms with van der Waals surface area (Å²) in [6, 6.07) is 12.9. The number of hydrogen-bond donors (Lipinski definition) is 1. The molecule has 2 aromatic carbocycles. The van der Waals surface area contributed by atoms with E-state index in [1.165, 1.54) is 0 Å². The number of carboxylic acids is 1. The summed E-state index contributed by atoms with van der Waals surface area (Å²) < 4.78 is 11.3. The molecule has 136 valence electrons. The summed E-state index contributed by atoms with van der Waals surface area (Å²) in [6.07, 6.45) is 3.48. The van der Waals surface area contributed by atoms with Crippen molar-refractivity contribution in [1.82, 2.24) is 0 Å². The van der Waals surface area contributed by atoms with Crippen LogP contribution in [0.5, 0.6) is 5.75 Å². The van der Waals surface area contributed by atoms with Gasteiger partial charge in [-0.05, 0) is 54.7 Å². The number of carbonyl (C=O) groups is 1. The molecule has 0 atom stereocenters. The van der Waals surface area contributed by atoms with Gasteiger partial charge in [-0.15, -0.1) is 0 Å². The standard InChI is InChI=1S/C22H18O5/c1-13-4-2-3-5-14(13)10-15-6-8-18-21(25)17-9-7-16(26-12-20(23)24)11-19(17)27-22(15)18/h2-5,7,9-11H,6,8,12H2,1H3,(H,23,24)/b15-10+. The zero-order valence-electron chi connectivity index (χ0n) is 14.8. The van der Waals surface area contributed by atoms with E-state index in [1.807, 2.05) is 31.2 Å². The number of rotatable bonds is 4. The minimum atomic E-state index is -1.06. The van der Waals surface area contributed by atoms with Crippen LogP contribution in [0.2, 0.25) is 0 Å². The lowest BCUT2D eigenvalue weighted by atomic mass is 10.0. The Bertz CT molecular complexity index is 1140. The lowest BCUT2D eigenvalue weighted by molar-refractivity contribution is -0.139. The molecule has 0 saturated heterocycles. The Kier molecular flexibility index (Phi) is 4.28. The van der Waals surface area contributed by atoms with Crippen LogP contribution in [0.25, 0.3) is 22.6 Å². The highest BCUT2D eigenvalue weighted by molar-refractivity contribution is 5.87. The van der Waals surface area contributed by atoms with Crippen molar-refractivity contribution < 1.29 is 19.1 Å². The highest BCUT2D eigenvalue weighted by atomic mass is 16.5. The Balaban J connectivity index is 1.80. The van der Waals surface area contributed by atoms with E-state index in [1.54, 1.807) is 18.2 Å². The second-order valence-electron chi connectivity index (χ2n) is 6.61. The van der Waals surface area contributed by atoms with Crippen LogP contribution < -0.4 is 10.2 Å². The van der Waals surface area contributed by atoms with Gasteiger partial charge >= 0.3 is 5.97 Å². The predicted molar refractivity (Wildman–Crippen MR) is 103 cm³/mol. The van der Waals surface area contributed by atoms with Crippen molar-refractivity contribution >= 4 is 28.6 Å². The van der Waals surface area contributed by atoms with Crippen LogP contribution in [-0.2, 0) is 11.2 Å². The van der Waals surface area contributed by atoms with E-state index in [9.17, 15) is 9.59 Å². The molecular formula is C22H18O5. The van der Waals surface area contributed by atoms with Gasteiger partial charge in [0.1, 0.15) is 17.1 Å². The molecule has 0 bridgehead atoms. The molecule has 5 heteroatoms. The fraction of sp³-hybridized carbons (Fsp3) is 0.182. The van der Waals surface area contributed by atoms with E-state index in [2.05, 4.69) is 6.08 Å². The van der Waals surface area contributed by atoms with Crippen molar-refractivity contribution in [3.8, 4) is 5.75 Å². The molecule has 0 saturated carbocycles. The number of ether oxygens (including phenoxy) is 1. The van der Waals surface area contributed by atoms with E-state index < -0.39 is 12.6 Å². The largest absolute Gasteiger partial charge is 0.482 e. The first kappa shape index (κ1) is 17.1. The van der Waals surface area contributed by atoms with E-state index in [0.717, 1.165) is 23.1 Å². The molecule has 0 radical (unpaired) electrons. The fourth-order valence-corrected chi connectivity index (χ4v) is 3.38. The summed E-state index contributed by atoms with van der Waals surface area (Å²) in [6.45, 7) is 1.60. The normalized spacial score (nSPS) is 14.5. The zero-order valence-corrected chi connectivity index (χ0v) is 14.8. The lowest BCUT2D eigenvalue weighted by Gasteiger charge is -2.07. The predicted octanol–water partition coefficient (Wildman–Crippen LogP) is 4.05. The smallest absolute Gasteiger partial charge is 0.341 e. The van der Waals surface area contributed by atoms with E-state index in [4.69, 9.17) is 14.3 Å². The molecule has 0 fully saturated rings. The van der Waals surface area contributed by atoms with Gasteiger partial charge in [-0.25, -0.2) is 4.79 Å². The molecule has 0 unspecified atom stereocenters. The molecule has 1 aliphatic carbocycles. The van der Waals surface area contributed by atoms with Crippen LogP contribution in [0, 0.1) is 6.92 Å². The van der Waals surface area contributed by atoms with Crippen LogP contribution in [0.3, 0.4) is 0 Å². The van der Waals surface area contributed by atoms with Gasteiger partial charge in [0.25, 0.3) is 0 Å². The average Bonchev–Trinajstić information content (AvgIpc) is 3.05. The summed E-state index contributed by atoms with van der Waals surface area (Å²) in [5.41, 5.74) is 4.31. The van der Waals surface area contributed by atoms with Crippen molar-refractivity contribution in [3.63, 3.8) is 0 Å². The maximum absolute atomic E-state index is 12.8. The van der Waals surface area contributed by atoms with E-state index >= 15 is 0 Å². The molecule has 3 aromatic rings. The second kappa shape index (κ2) is 6.76. The van der Waals surface area contributed by atoms with Crippen LogP contribution in [0.1, 0.15) is 28.9 Å². The second-order valence-corrected chi connectivity index (χ2v) is 6.61. The fourth-order valence-electron chi connectivity index (χ4n) is 3.38. The molecular weight excluding hydrogens is 344 g/mol. The molecule has 1 N–H and O–H groups in total. The Morgan fingerprint density at radius 3 is 2.81 bits per heavy atom. The maximum Gasteiger partial charge on any atom is 0.341 e. The molecule has 4 rings (SSSR count). The molecule has 0 aliphatic heterocycles. The Morgan fingerprint density at radius 1 is 1.22 bits per heavy atom. The highest BCUT2D eigenvalue weighted by Crippen LogP contribution is 2.35. The summed E-state index contributed by atoms with van der Waals surface area (Å²) in [4.78, 5) is 23.5. The molecule has 5 nitrogen and oxygen atoms in total. The monoisotopic (exact) mass is 362 g/mol. The number of aryl methyl sites for hydroxylation is 1. The summed E-state index contributed by atoms with van der Waals surface area (Å²) in [5.74, 6) is -0.0875. The van der Waals surface area contributed by atoms with Gasteiger partial charge in [0.15, 0.2) is 12.0 Å². The number of carboxylic acid groups (broad SMARTS) is 1. The zero-order chi connectivity index (χ0) is 19.0. The maximum atomic E-state index is 12.8. The molecule has 1 aliphatic rings.